The van der Waals surface area contributed by atoms with Crippen molar-refractivity contribution < 1.29 is 14.3 Å². The van der Waals surface area contributed by atoms with Crippen LogP contribution in [0.4, 0.5) is 5.95 Å². The van der Waals surface area contributed by atoms with Crippen LogP contribution in [0.5, 0.6) is 12.0 Å². The van der Waals surface area contributed by atoms with Gasteiger partial charge in [-0.05, 0) is 6.42 Å². The molecule has 0 radical (unpaired) electrons. The van der Waals surface area contributed by atoms with Crippen molar-refractivity contribution in [2.75, 3.05) is 26.1 Å². The summed E-state index contributed by atoms with van der Waals surface area (Å²) in [6, 6.07) is 0.466. The highest BCUT2D eigenvalue weighted by Gasteiger charge is 2.19. The summed E-state index contributed by atoms with van der Waals surface area (Å²) >= 11 is 0. The predicted octanol–water partition coefficient (Wildman–Crippen LogP) is -0.421. The van der Waals surface area contributed by atoms with Gasteiger partial charge in [0.1, 0.15) is 0 Å². The fourth-order valence-corrected chi connectivity index (χ4v) is 1.62. The van der Waals surface area contributed by atoms with Gasteiger partial charge >= 0.3 is 12.0 Å². The molecule has 1 aromatic heterocycles. The Kier molecular flexibility index (Phi) is 3.75. The molecule has 8 heteroatoms. The van der Waals surface area contributed by atoms with E-state index in [9.17, 15) is 4.79 Å². The maximum Gasteiger partial charge on any atom is 0.324 e. The normalized spacial score (nSPS) is 19.0. The Morgan fingerprint density at radius 2 is 1.89 bits per heavy atom. The highest BCUT2D eigenvalue weighted by Crippen LogP contribution is 2.14. The third-order valence-electron chi connectivity index (χ3n) is 2.56. The first-order chi connectivity index (χ1) is 8.71. The van der Waals surface area contributed by atoms with E-state index in [1.165, 1.54) is 14.2 Å². The number of nitrogens with one attached hydrogen (secondary N) is 2. The second-order valence-corrected chi connectivity index (χ2v) is 3.82. The fourth-order valence-electron chi connectivity index (χ4n) is 1.62. The average Bonchev–Trinajstić information content (AvgIpc) is 2.41. The predicted molar refractivity (Wildman–Crippen MR) is 62.6 cm³/mol. The molecule has 18 heavy (non-hydrogen) atoms. The third kappa shape index (κ3) is 2.96. The molecule has 2 N–H and O–H groups in total. The number of ether oxygens (including phenoxy) is 2. The number of amides is 1. The van der Waals surface area contributed by atoms with Gasteiger partial charge in [0.05, 0.1) is 14.2 Å². The van der Waals surface area contributed by atoms with E-state index in [-0.39, 0.29) is 24.0 Å². The lowest BCUT2D eigenvalue weighted by Gasteiger charge is -2.23. The zero-order valence-corrected chi connectivity index (χ0v) is 10.3. The molecule has 98 valence electrons. The molecule has 1 saturated heterocycles. The molecule has 1 aromatic rings. The van der Waals surface area contributed by atoms with Crippen molar-refractivity contribution >= 4 is 11.9 Å². The van der Waals surface area contributed by atoms with Crippen LogP contribution in [0.2, 0.25) is 0 Å². The molecule has 0 aromatic carbocycles. The summed E-state index contributed by atoms with van der Waals surface area (Å²) in [6.45, 7) is 0.551. The number of carbonyl (C=O) groups is 1. The first kappa shape index (κ1) is 12.3. The van der Waals surface area contributed by atoms with Gasteiger partial charge in [0.15, 0.2) is 0 Å². The number of anilines is 1. The van der Waals surface area contributed by atoms with E-state index >= 15 is 0 Å². The minimum absolute atomic E-state index is 0.0684. The van der Waals surface area contributed by atoms with Crippen LogP contribution in [0.15, 0.2) is 0 Å². The largest absolute Gasteiger partial charge is 0.467 e. The molecule has 1 amide bonds. The lowest BCUT2D eigenvalue weighted by molar-refractivity contribution is -0.122. The first-order valence-electron chi connectivity index (χ1n) is 5.58. The Morgan fingerprint density at radius 3 is 2.39 bits per heavy atom. The van der Waals surface area contributed by atoms with Gasteiger partial charge in [-0.3, -0.25) is 4.79 Å². The second kappa shape index (κ2) is 5.48. The maximum atomic E-state index is 11.0. The van der Waals surface area contributed by atoms with Gasteiger partial charge in [-0.1, -0.05) is 0 Å². The smallest absolute Gasteiger partial charge is 0.324 e. The zero-order chi connectivity index (χ0) is 13.0. The van der Waals surface area contributed by atoms with Crippen LogP contribution in [-0.4, -0.2) is 47.7 Å². The van der Waals surface area contributed by atoms with Crippen LogP contribution in [-0.2, 0) is 4.79 Å². The highest BCUT2D eigenvalue weighted by atomic mass is 16.5. The summed E-state index contributed by atoms with van der Waals surface area (Å²) < 4.78 is 9.90. The molecule has 2 rings (SSSR count). The Hall–Kier alpha value is -2.12. The quantitative estimate of drug-likeness (QED) is 0.751. The van der Waals surface area contributed by atoms with Gasteiger partial charge in [-0.15, -0.1) is 4.98 Å². The molecule has 1 atom stereocenters. The van der Waals surface area contributed by atoms with Crippen molar-refractivity contribution in [3.05, 3.63) is 0 Å². The summed E-state index contributed by atoms with van der Waals surface area (Å²) in [5.41, 5.74) is 0. The summed E-state index contributed by atoms with van der Waals surface area (Å²) in [4.78, 5) is 23.1. The number of aromatic nitrogens is 3. The number of methoxy groups -OCH3 is 2. The van der Waals surface area contributed by atoms with E-state index in [2.05, 4.69) is 25.6 Å². The van der Waals surface area contributed by atoms with Crippen LogP contribution in [0.25, 0.3) is 0 Å². The lowest BCUT2D eigenvalue weighted by Crippen LogP contribution is -2.42. The monoisotopic (exact) mass is 253 g/mol. The van der Waals surface area contributed by atoms with Gasteiger partial charge < -0.3 is 20.1 Å². The van der Waals surface area contributed by atoms with Gasteiger partial charge in [0.25, 0.3) is 0 Å². The van der Waals surface area contributed by atoms with Gasteiger partial charge in [-0.25, -0.2) is 0 Å². The van der Waals surface area contributed by atoms with Gasteiger partial charge in [-0.2, -0.15) is 9.97 Å². The molecule has 2 heterocycles. The molecule has 1 aliphatic heterocycles. The third-order valence-corrected chi connectivity index (χ3v) is 2.56. The molecule has 1 fully saturated rings. The van der Waals surface area contributed by atoms with E-state index in [0.29, 0.717) is 18.9 Å². The van der Waals surface area contributed by atoms with Crippen LogP contribution in [0.3, 0.4) is 0 Å². The molecule has 1 unspecified atom stereocenters. The number of rotatable bonds is 4. The second-order valence-electron chi connectivity index (χ2n) is 3.82. The molecular formula is C10H15N5O3. The van der Waals surface area contributed by atoms with Crippen molar-refractivity contribution in [3.63, 3.8) is 0 Å². The number of hydrogen-bond acceptors (Lipinski definition) is 7. The molecule has 1 aliphatic rings. The van der Waals surface area contributed by atoms with E-state index < -0.39 is 0 Å². The lowest BCUT2D eigenvalue weighted by atomic mass is 10.1. The Labute approximate surface area is 104 Å². The van der Waals surface area contributed by atoms with Crippen LogP contribution >= 0.6 is 0 Å². The van der Waals surface area contributed by atoms with Crippen molar-refractivity contribution in [1.29, 1.82) is 0 Å². The summed E-state index contributed by atoms with van der Waals surface area (Å²) in [6.07, 6.45) is 1.24. The molecule has 0 saturated carbocycles. The van der Waals surface area contributed by atoms with Gasteiger partial charge in [0.2, 0.25) is 11.9 Å². The van der Waals surface area contributed by atoms with E-state index in [1.807, 2.05) is 0 Å². The minimum Gasteiger partial charge on any atom is -0.467 e. The van der Waals surface area contributed by atoms with Gasteiger partial charge in [0, 0.05) is 19.0 Å². The highest BCUT2D eigenvalue weighted by molar-refractivity contribution is 5.76. The summed E-state index contributed by atoms with van der Waals surface area (Å²) in [5, 5.41) is 5.89. The zero-order valence-electron chi connectivity index (χ0n) is 10.3. The number of piperidine rings is 1. The standard InChI is InChI=1S/C10H15N5O3/c1-17-9-13-8(14-10(15-9)18-2)12-6-3-4-7(16)11-5-6/h6H,3-5H2,1-2H3,(H,11,16)(H,12,13,14,15). The SMILES string of the molecule is COc1nc(NC2CCC(=O)NC2)nc(OC)n1. The summed E-state index contributed by atoms with van der Waals surface area (Å²) in [7, 11) is 2.94. The Morgan fingerprint density at radius 1 is 1.22 bits per heavy atom. The van der Waals surface area contributed by atoms with E-state index in [0.717, 1.165) is 6.42 Å². The minimum atomic E-state index is 0.0684. The fraction of sp³-hybridized carbons (Fsp3) is 0.600. The molecule has 0 aliphatic carbocycles. The average molecular weight is 253 g/mol. The maximum absolute atomic E-state index is 11.0. The van der Waals surface area contributed by atoms with Crippen molar-refractivity contribution in [1.82, 2.24) is 20.3 Å². The number of carbonyl (C=O) groups excluding carboxylic acids is 1. The van der Waals surface area contributed by atoms with Crippen LogP contribution < -0.4 is 20.1 Å². The van der Waals surface area contributed by atoms with Crippen molar-refractivity contribution in [3.8, 4) is 12.0 Å². The van der Waals surface area contributed by atoms with Crippen LogP contribution in [0, 0.1) is 0 Å². The van der Waals surface area contributed by atoms with E-state index in [1.54, 1.807) is 0 Å². The van der Waals surface area contributed by atoms with Crippen molar-refractivity contribution in [2.24, 2.45) is 0 Å². The Bertz CT molecular complexity index is 407. The number of hydrogen-bond donors (Lipinski definition) is 2. The number of nitrogens with zero attached hydrogens (tertiary/aromatic N) is 3. The first-order valence-corrected chi connectivity index (χ1v) is 5.58. The van der Waals surface area contributed by atoms with Crippen LogP contribution in [0.1, 0.15) is 12.8 Å². The molecule has 0 spiro atoms. The molecule has 0 bridgehead atoms. The molecule has 8 nitrogen and oxygen atoms in total. The molecular weight excluding hydrogens is 238 g/mol. The topological polar surface area (TPSA) is 98.3 Å². The summed E-state index contributed by atoms with van der Waals surface area (Å²) in [5.74, 6) is 0.443. The van der Waals surface area contributed by atoms with Crippen molar-refractivity contribution in [2.45, 2.75) is 18.9 Å². The van der Waals surface area contributed by atoms with E-state index in [4.69, 9.17) is 9.47 Å². The Balaban J connectivity index is 2.06.